The van der Waals surface area contributed by atoms with E-state index >= 15 is 4.39 Å². The van der Waals surface area contributed by atoms with E-state index in [9.17, 15) is 14.6 Å². The average Bonchev–Trinajstić information content (AvgIpc) is 3.05. The number of nitrogen functional groups attached to an aromatic ring is 1. The summed E-state index contributed by atoms with van der Waals surface area (Å²) in [4.78, 5) is 11.8. The van der Waals surface area contributed by atoms with Gasteiger partial charge in [0.1, 0.15) is 24.4 Å². The van der Waals surface area contributed by atoms with Gasteiger partial charge in [0, 0.05) is 0 Å². The van der Waals surface area contributed by atoms with Gasteiger partial charge in [0.2, 0.25) is 11.6 Å². The van der Waals surface area contributed by atoms with E-state index in [-0.39, 0.29) is 11.6 Å². The van der Waals surface area contributed by atoms with Crippen molar-refractivity contribution in [1.29, 1.82) is 0 Å². The standard InChI is InChI=1S/C14H15F2N5O3/c1-7(22)9-10(23)14(16,3-2-4-15)12(24-9)21-6-19-8-5-18-13(17)20-11(8)21/h5-7,9-10,12,22-23H,4H2,1H3,(H2,17,18,20)/t7-,9+,10-,12+,14?/m0/s1. The first-order chi connectivity index (χ1) is 11.4. The van der Waals surface area contributed by atoms with E-state index < -0.39 is 36.9 Å². The largest absolute Gasteiger partial charge is 0.391 e. The Labute approximate surface area is 135 Å². The Bertz CT molecular complexity index is 818. The molecule has 1 unspecified atom stereocenters. The minimum atomic E-state index is -2.67. The first-order valence-corrected chi connectivity index (χ1v) is 7.10. The molecule has 128 valence electrons. The number of hydrogen-bond donors (Lipinski definition) is 3. The molecule has 1 aliphatic rings. The lowest BCUT2D eigenvalue weighted by molar-refractivity contribution is -0.0776. The van der Waals surface area contributed by atoms with Crippen LogP contribution in [0.1, 0.15) is 13.2 Å². The van der Waals surface area contributed by atoms with Gasteiger partial charge >= 0.3 is 0 Å². The SMILES string of the molecule is C[C@H](O)[C@H]1O[C@@H](n2cnc3cnc(N)nc32)C(F)(C#CCF)[C@H]1O. The van der Waals surface area contributed by atoms with Crippen molar-refractivity contribution in [3.63, 3.8) is 0 Å². The monoisotopic (exact) mass is 339 g/mol. The lowest BCUT2D eigenvalue weighted by Crippen LogP contribution is -2.44. The fraction of sp³-hybridized carbons (Fsp3) is 0.500. The van der Waals surface area contributed by atoms with Crippen molar-refractivity contribution in [3.8, 4) is 11.8 Å². The van der Waals surface area contributed by atoms with Crippen LogP contribution in [0.5, 0.6) is 0 Å². The highest BCUT2D eigenvalue weighted by atomic mass is 19.1. The molecule has 1 aliphatic heterocycles. The predicted octanol–water partition coefficient (Wildman–Crippen LogP) is -0.271. The van der Waals surface area contributed by atoms with Crippen molar-refractivity contribution in [2.24, 2.45) is 0 Å². The number of fused-ring (bicyclic) bond motifs is 1. The van der Waals surface area contributed by atoms with Gasteiger partial charge in [-0.1, -0.05) is 11.8 Å². The molecule has 3 rings (SSSR count). The topological polar surface area (TPSA) is 119 Å². The molecule has 8 nitrogen and oxygen atoms in total. The molecule has 0 saturated carbocycles. The van der Waals surface area contributed by atoms with E-state index in [2.05, 4.69) is 20.9 Å². The van der Waals surface area contributed by atoms with Gasteiger partial charge in [-0.25, -0.2) is 18.7 Å². The molecular formula is C14H15F2N5O3. The fourth-order valence-electron chi connectivity index (χ4n) is 2.67. The molecule has 0 aromatic carbocycles. The zero-order valence-corrected chi connectivity index (χ0v) is 12.6. The minimum Gasteiger partial charge on any atom is -0.391 e. The minimum absolute atomic E-state index is 0.0610. The number of imidazole rings is 1. The third-order valence-electron chi connectivity index (χ3n) is 3.80. The van der Waals surface area contributed by atoms with Crippen LogP contribution in [0.4, 0.5) is 14.7 Å². The van der Waals surface area contributed by atoms with Gasteiger partial charge in [-0.2, -0.15) is 4.98 Å². The van der Waals surface area contributed by atoms with Gasteiger partial charge in [0.25, 0.3) is 0 Å². The number of hydrogen-bond acceptors (Lipinski definition) is 7. The van der Waals surface area contributed by atoms with Crippen molar-refractivity contribution in [1.82, 2.24) is 19.5 Å². The first-order valence-electron chi connectivity index (χ1n) is 7.10. The second-order valence-corrected chi connectivity index (χ2v) is 5.43. The second kappa shape index (κ2) is 5.94. The van der Waals surface area contributed by atoms with E-state index in [1.165, 1.54) is 24.0 Å². The molecule has 0 amide bonds. The molecule has 24 heavy (non-hydrogen) atoms. The zero-order valence-electron chi connectivity index (χ0n) is 12.6. The first kappa shape index (κ1) is 16.5. The van der Waals surface area contributed by atoms with Crippen LogP contribution < -0.4 is 5.73 Å². The van der Waals surface area contributed by atoms with Crippen molar-refractivity contribution < 1.29 is 23.7 Å². The number of nitrogens with two attached hydrogens (primary N) is 1. The van der Waals surface area contributed by atoms with Crippen LogP contribution in [0, 0.1) is 11.8 Å². The summed E-state index contributed by atoms with van der Waals surface area (Å²) in [5, 5.41) is 19.9. The molecule has 0 radical (unpaired) electrons. The van der Waals surface area contributed by atoms with Crippen molar-refractivity contribution in [2.45, 2.75) is 37.1 Å². The molecular weight excluding hydrogens is 324 g/mol. The van der Waals surface area contributed by atoms with Crippen LogP contribution in [0.25, 0.3) is 11.2 Å². The Morgan fingerprint density at radius 3 is 2.96 bits per heavy atom. The van der Waals surface area contributed by atoms with Crippen LogP contribution in [0.15, 0.2) is 12.5 Å². The second-order valence-electron chi connectivity index (χ2n) is 5.43. The maximum absolute atomic E-state index is 15.4. The van der Waals surface area contributed by atoms with E-state index in [0.29, 0.717) is 5.52 Å². The molecule has 0 spiro atoms. The van der Waals surface area contributed by atoms with Gasteiger partial charge in [0.05, 0.1) is 18.6 Å². The third-order valence-corrected chi connectivity index (χ3v) is 3.80. The van der Waals surface area contributed by atoms with E-state index in [1.54, 1.807) is 0 Å². The van der Waals surface area contributed by atoms with Crippen LogP contribution in [0.3, 0.4) is 0 Å². The third kappa shape index (κ3) is 2.47. The van der Waals surface area contributed by atoms with E-state index in [4.69, 9.17) is 10.5 Å². The molecule has 2 aromatic heterocycles. The molecule has 0 aliphatic carbocycles. The molecule has 1 fully saturated rings. The summed E-state index contributed by atoms with van der Waals surface area (Å²) in [6.45, 7) is 0.246. The van der Waals surface area contributed by atoms with Gasteiger partial charge in [-0.05, 0) is 6.92 Å². The Kier molecular flexibility index (Phi) is 4.08. The lowest BCUT2D eigenvalue weighted by Gasteiger charge is -2.23. The van der Waals surface area contributed by atoms with E-state index in [0.717, 1.165) is 0 Å². The Balaban J connectivity index is 2.13. The predicted molar refractivity (Wildman–Crippen MR) is 78.9 cm³/mol. The summed E-state index contributed by atoms with van der Waals surface area (Å²) in [5.74, 6) is 3.97. The fourth-order valence-corrected chi connectivity index (χ4v) is 2.67. The maximum atomic E-state index is 15.4. The van der Waals surface area contributed by atoms with Gasteiger partial charge in [0.15, 0.2) is 11.9 Å². The molecule has 1 saturated heterocycles. The number of aliphatic hydroxyl groups excluding tert-OH is 2. The van der Waals surface area contributed by atoms with Crippen LogP contribution in [-0.2, 0) is 4.74 Å². The maximum Gasteiger partial charge on any atom is 0.243 e. The van der Waals surface area contributed by atoms with Crippen LogP contribution in [-0.4, -0.2) is 60.4 Å². The highest BCUT2D eigenvalue weighted by Gasteiger charge is 2.59. The van der Waals surface area contributed by atoms with Crippen molar-refractivity contribution in [2.75, 3.05) is 12.4 Å². The number of aliphatic hydroxyl groups is 2. The normalized spacial score (nSPS) is 31.0. The summed E-state index contributed by atoms with van der Waals surface area (Å²) >= 11 is 0. The number of ether oxygens (including phenoxy) is 1. The Hall–Kier alpha value is -2.35. The summed E-state index contributed by atoms with van der Waals surface area (Å²) in [5.41, 5.74) is 3.36. The number of alkyl halides is 2. The average molecular weight is 339 g/mol. The molecule has 3 heterocycles. The molecule has 4 N–H and O–H groups in total. The Morgan fingerprint density at radius 1 is 1.54 bits per heavy atom. The highest BCUT2D eigenvalue weighted by molar-refractivity contribution is 5.70. The highest BCUT2D eigenvalue weighted by Crippen LogP contribution is 2.43. The molecule has 2 aromatic rings. The smallest absolute Gasteiger partial charge is 0.243 e. The Morgan fingerprint density at radius 2 is 2.29 bits per heavy atom. The number of anilines is 1. The number of nitrogens with zero attached hydrogens (tertiary/aromatic N) is 4. The van der Waals surface area contributed by atoms with Crippen molar-refractivity contribution >= 4 is 17.1 Å². The quantitative estimate of drug-likeness (QED) is 0.644. The van der Waals surface area contributed by atoms with Gasteiger partial charge in [-0.3, -0.25) is 4.57 Å². The number of halogens is 2. The number of rotatable bonds is 2. The van der Waals surface area contributed by atoms with Gasteiger partial charge in [-0.15, -0.1) is 0 Å². The summed E-state index contributed by atoms with van der Waals surface area (Å²) < 4.78 is 34.5. The summed E-state index contributed by atoms with van der Waals surface area (Å²) in [6.07, 6.45) is -3.15. The van der Waals surface area contributed by atoms with Gasteiger partial charge < -0.3 is 20.7 Å². The van der Waals surface area contributed by atoms with Crippen molar-refractivity contribution in [3.05, 3.63) is 12.5 Å². The molecule has 0 bridgehead atoms. The summed E-state index contributed by atoms with van der Waals surface area (Å²) in [7, 11) is 0. The zero-order chi connectivity index (χ0) is 17.5. The number of aromatic nitrogens is 4. The lowest BCUT2D eigenvalue weighted by atomic mass is 9.94. The molecule has 10 heteroatoms. The summed E-state index contributed by atoms with van der Waals surface area (Å²) in [6, 6.07) is 0. The molecule has 5 atom stereocenters. The van der Waals surface area contributed by atoms with Crippen LogP contribution >= 0.6 is 0 Å². The van der Waals surface area contributed by atoms with Crippen LogP contribution in [0.2, 0.25) is 0 Å². The van der Waals surface area contributed by atoms with E-state index in [1.807, 2.05) is 5.92 Å².